The van der Waals surface area contributed by atoms with Crippen molar-refractivity contribution < 1.29 is 15.0 Å². The number of likely N-dealkylation sites (N-methyl/N-ethyl adjacent to an activating group) is 1. The lowest BCUT2D eigenvalue weighted by Gasteiger charge is -2.26. The Morgan fingerprint density at radius 3 is 1.81 bits per heavy atom. The molecule has 0 aromatic heterocycles. The molecule has 0 heterocycles. The molecule has 0 radical (unpaired) electrons. The van der Waals surface area contributed by atoms with Gasteiger partial charge in [-0.1, -0.05) is 116 Å². The van der Waals surface area contributed by atoms with Crippen LogP contribution in [0.3, 0.4) is 0 Å². The highest BCUT2D eigenvalue weighted by Gasteiger charge is 2.22. The van der Waals surface area contributed by atoms with Crippen LogP contribution in [0.1, 0.15) is 124 Å². The van der Waals surface area contributed by atoms with Crippen LogP contribution in [0.5, 0.6) is 0 Å². The number of unbranched alkanes of at least 4 members (excludes halogenated alkanes) is 13. The van der Waals surface area contributed by atoms with Crippen molar-refractivity contribution in [2.24, 2.45) is 5.92 Å². The summed E-state index contributed by atoms with van der Waals surface area (Å²) in [6.45, 7) is 6.85. The van der Waals surface area contributed by atoms with Crippen LogP contribution in [-0.4, -0.2) is 46.8 Å². The van der Waals surface area contributed by atoms with Gasteiger partial charge in [-0.15, -0.1) is 0 Å². The molecule has 31 heavy (non-hydrogen) atoms. The van der Waals surface area contributed by atoms with E-state index < -0.39 is 6.10 Å². The Morgan fingerprint density at radius 2 is 1.32 bits per heavy atom. The van der Waals surface area contributed by atoms with E-state index in [1.165, 1.54) is 70.6 Å². The molecule has 2 atom stereocenters. The van der Waals surface area contributed by atoms with Gasteiger partial charge in [-0.05, 0) is 19.8 Å². The van der Waals surface area contributed by atoms with Crippen LogP contribution in [-0.2, 0) is 4.79 Å². The van der Waals surface area contributed by atoms with Crippen molar-refractivity contribution in [2.75, 3.05) is 19.7 Å². The van der Waals surface area contributed by atoms with Gasteiger partial charge in [0, 0.05) is 13.1 Å². The predicted octanol–water partition coefficient (Wildman–Crippen LogP) is 6.64. The maximum atomic E-state index is 13.0. The third-order valence-corrected chi connectivity index (χ3v) is 6.11. The fourth-order valence-electron chi connectivity index (χ4n) is 4.01. The maximum absolute atomic E-state index is 13.0. The van der Waals surface area contributed by atoms with Crippen LogP contribution in [0.15, 0.2) is 12.2 Å². The molecule has 4 nitrogen and oxygen atoms in total. The summed E-state index contributed by atoms with van der Waals surface area (Å²) < 4.78 is 0. The molecule has 184 valence electrons. The second-order valence-electron chi connectivity index (χ2n) is 9.07. The van der Waals surface area contributed by atoms with Gasteiger partial charge in [-0.3, -0.25) is 4.79 Å². The molecule has 0 saturated carbocycles. The van der Waals surface area contributed by atoms with Gasteiger partial charge in [-0.2, -0.15) is 0 Å². The van der Waals surface area contributed by atoms with Crippen LogP contribution < -0.4 is 0 Å². The second kappa shape index (κ2) is 22.3. The number of aliphatic hydroxyl groups is 2. The quantitative estimate of drug-likeness (QED) is 0.147. The third kappa shape index (κ3) is 17.4. The summed E-state index contributed by atoms with van der Waals surface area (Å²) in [6.07, 6.45) is 23.4. The zero-order chi connectivity index (χ0) is 23.2. The van der Waals surface area contributed by atoms with Crippen molar-refractivity contribution in [1.82, 2.24) is 4.90 Å². The number of hydrogen-bond donors (Lipinski definition) is 2. The number of allylic oxidation sites excluding steroid dienone is 1. The topological polar surface area (TPSA) is 60.8 Å². The Hall–Kier alpha value is -0.870. The number of aliphatic hydroxyl groups excluding tert-OH is 2. The Morgan fingerprint density at radius 1 is 0.806 bits per heavy atom. The van der Waals surface area contributed by atoms with Crippen LogP contribution in [0.25, 0.3) is 0 Å². The molecule has 0 aromatic carbocycles. The van der Waals surface area contributed by atoms with Crippen molar-refractivity contribution in [1.29, 1.82) is 0 Å². The van der Waals surface area contributed by atoms with Crippen LogP contribution in [0.4, 0.5) is 0 Å². The highest BCUT2D eigenvalue weighted by Crippen LogP contribution is 2.18. The van der Waals surface area contributed by atoms with Gasteiger partial charge in [0.15, 0.2) is 0 Å². The molecule has 0 aliphatic carbocycles. The standard InChI is InChI=1S/C27H53NO3/c1-4-7-9-11-12-13-14-15-16-17-18-20-22-25(21-19-10-8-5-2)27(31)28(6-3)23-26(30)24-29/h19,21,25-26,29-30H,4-18,20,22-24H2,1-3H3. The minimum absolute atomic E-state index is 0.0887. The summed E-state index contributed by atoms with van der Waals surface area (Å²) in [5, 5.41) is 18.9. The van der Waals surface area contributed by atoms with Gasteiger partial charge in [0.2, 0.25) is 5.91 Å². The smallest absolute Gasteiger partial charge is 0.229 e. The number of rotatable bonds is 22. The molecule has 1 amide bonds. The molecule has 0 aliphatic heterocycles. The van der Waals surface area contributed by atoms with E-state index in [1.807, 2.05) is 6.92 Å². The van der Waals surface area contributed by atoms with Gasteiger partial charge in [0.25, 0.3) is 0 Å². The summed E-state index contributed by atoms with van der Waals surface area (Å²) in [5.74, 6) is -0.0170. The first-order valence-electron chi connectivity index (χ1n) is 13.3. The lowest BCUT2D eigenvalue weighted by molar-refractivity contribution is -0.135. The molecular formula is C27H53NO3. The lowest BCUT2D eigenvalue weighted by Crippen LogP contribution is -2.41. The minimum Gasteiger partial charge on any atom is -0.394 e. The summed E-state index contributed by atoms with van der Waals surface area (Å²) in [4.78, 5) is 14.7. The average molecular weight is 440 g/mol. The fraction of sp³-hybridized carbons (Fsp3) is 0.889. The normalized spacial score (nSPS) is 13.6. The van der Waals surface area contributed by atoms with E-state index in [0.717, 1.165) is 32.1 Å². The summed E-state index contributed by atoms with van der Waals surface area (Å²) in [5.41, 5.74) is 0. The number of carbonyl (C=O) groups is 1. The van der Waals surface area contributed by atoms with Crippen molar-refractivity contribution in [2.45, 2.75) is 130 Å². The first kappa shape index (κ1) is 30.1. The zero-order valence-corrected chi connectivity index (χ0v) is 21.0. The predicted molar refractivity (Wildman–Crippen MR) is 133 cm³/mol. The highest BCUT2D eigenvalue weighted by atomic mass is 16.3. The highest BCUT2D eigenvalue weighted by molar-refractivity contribution is 5.80. The van der Waals surface area contributed by atoms with Gasteiger partial charge >= 0.3 is 0 Å². The Balaban J connectivity index is 4.22. The average Bonchev–Trinajstić information content (AvgIpc) is 2.78. The van der Waals surface area contributed by atoms with E-state index in [4.69, 9.17) is 5.11 Å². The van der Waals surface area contributed by atoms with E-state index in [-0.39, 0.29) is 25.0 Å². The number of nitrogens with zero attached hydrogens (tertiary/aromatic N) is 1. The van der Waals surface area contributed by atoms with Gasteiger partial charge in [0.05, 0.1) is 18.6 Å². The number of hydrogen-bond acceptors (Lipinski definition) is 3. The summed E-state index contributed by atoms with van der Waals surface area (Å²) in [6, 6.07) is 0. The van der Waals surface area contributed by atoms with E-state index in [9.17, 15) is 9.90 Å². The Labute approximate surface area is 193 Å². The summed E-state index contributed by atoms with van der Waals surface area (Å²) in [7, 11) is 0. The molecule has 0 fully saturated rings. The molecule has 0 saturated heterocycles. The largest absolute Gasteiger partial charge is 0.394 e. The SMILES string of the molecule is CCCCC=CC(CCCCCCCCCCCCCC)C(=O)N(CC)CC(O)CO. The first-order valence-corrected chi connectivity index (χ1v) is 13.3. The minimum atomic E-state index is -0.861. The number of carbonyl (C=O) groups excluding carboxylic acids is 1. The molecule has 0 rings (SSSR count). The molecule has 2 N–H and O–H groups in total. The van der Waals surface area contributed by atoms with E-state index in [1.54, 1.807) is 4.90 Å². The van der Waals surface area contributed by atoms with Crippen molar-refractivity contribution >= 4 is 5.91 Å². The van der Waals surface area contributed by atoms with E-state index >= 15 is 0 Å². The molecule has 2 unspecified atom stereocenters. The van der Waals surface area contributed by atoms with Crippen LogP contribution >= 0.6 is 0 Å². The van der Waals surface area contributed by atoms with Crippen molar-refractivity contribution in [3.8, 4) is 0 Å². The van der Waals surface area contributed by atoms with Crippen LogP contribution in [0, 0.1) is 5.92 Å². The van der Waals surface area contributed by atoms with Crippen molar-refractivity contribution in [3.05, 3.63) is 12.2 Å². The third-order valence-electron chi connectivity index (χ3n) is 6.11. The monoisotopic (exact) mass is 439 g/mol. The number of amides is 1. The fourth-order valence-corrected chi connectivity index (χ4v) is 4.01. The molecular weight excluding hydrogens is 386 g/mol. The molecule has 4 heteroatoms. The van der Waals surface area contributed by atoms with E-state index in [2.05, 4.69) is 26.0 Å². The second-order valence-corrected chi connectivity index (χ2v) is 9.07. The van der Waals surface area contributed by atoms with Crippen molar-refractivity contribution in [3.63, 3.8) is 0 Å². The first-order chi connectivity index (χ1) is 15.1. The Kier molecular flexibility index (Phi) is 21.7. The molecule has 0 aromatic rings. The van der Waals surface area contributed by atoms with Gasteiger partial charge < -0.3 is 15.1 Å². The zero-order valence-electron chi connectivity index (χ0n) is 21.0. The lowest BCUT2D eigenvalue weighted by atomic mass is 9.97. The molecule has 0 aliphatic rings. The summed E-state index contributed by atoms with van der Waals surface area (Å²) >= 11 is 0. The van der Waals surface area contributed by atoms with Crippen LogP contribution in [0.2, 0.25) is 0 Å². The van der Waals surface area contributed by atoms with E-state index in [0.29, 0.717) is 6.54 Å². The maximum Gasteiger partial charge on any atom is 0.229 e. The molecule has 0 bridgehead atoms. The molecule has 0 spiro atoms. The Bertz CT molecular complexity index is 425. The van der Waals surface area contributed by atoms with Gasteiger partial charge in [0.1, 0.15) is 0 Å². The van der Waals surface area contributed by atoms with Gasteiger partial charge in [-0.25, -0.2) is 0 Å².